The van der Waals surface area contributed by atoms with E-state index in [-0.39, 0.29) is 24.5 Å². The number of carbonyl (C=O) groups is 2. The van der Waals surface area contributed by atoms with Crippen LogP contribution in [0, 0.1) is 5.92 Å². The lowest BCUT2D eigenvalue weighted by Crippen LogP contribution is -2.46. The van der Waals surface area contributed by atoms with Crippen LogP contribution >= 0.6 is 0 Å². The quantitative estimate of drug-likeness (QED) is 0.779. The van der Waals surface area contributed by atoms with E-state index in [4.69, 9.17) is 18.9 Å². The van der Waals surface area contributed by atoms with Gasteiger partial charge in [-0.3, -0.25) is 4.79 Å². The van der Waals surface area contributed by atoms with Crippen molar-refractivity contribution in [3.63, 3.8) is 0 Å². The molecule has 1 aromatic rings. The highest BCUT2D eigenvalue weighted by Gasteiger charge is 2.31. The summed E-state index contributed by atoms with van der Waals surface area (Å²) in [5, 5.41) is 2.95. The molecule has 0 radical (unpaired) electrons. The molecule has 8 nitrogen and oxygen atoms in total. The lowest BCUT2D eigenvalue weighted by molar-refractivity contribution is -0.126. The summed E-state index contributed by atoms with van der Waals surface area (Å²) in [4.78, 5) is 26.6. The SMILES string of the molecule is COc1cc(OC)c(OC)cc1CNC(=O)[C@H]1CCCN(C(=O)OC(C)(C)C)C1. The molecule has 1 aliphatic heterocycles. The topological polar surface area (TPSA) is 86.3 Å². The van der Waals surface area contributed by atoms with Gasteiger partial charge in [-0.25, -0.2) is 4.79 Å². The Morgan fingerprint density at radius 1 is 1.07 bits per heavy atom. The zero-order chi connectivity index (χ0) is 21.6. The summed E-state index contributed by atoms with van der Waals surface area (Å²) >= 11 is 0. The Hall–Kier alpha value is -2.64. The molecular formula is C21H32N2O6. The van der Waals surface area contributed by atoms with Crippen molar-refractivity contribution >= 4 is 12.0 Å². The molecular weight excluding hydrogens is 376 g/mol. The molecule has 29 heavy (non-hydrogen) atoms. The van der Waals surface area contributed by atoms with Gasteiger partial charge in [0, 0.05) is 31.3 Å². The molecule has 0 spiro atoms. The minimum absolute atomic E-state index is 0.102. The highest BCUT2D eigenvalue weighted by atomic mass is 16.6. The number of likely N-dealkylation sites (tertiary alicyclic amines) is 1. The Kier molecular flexibility index (Phi) is 7.59. The molecule has 2 amide bonds. The van der Waals surface area contributed by atoms with Crippen molar-refractivity contribution in [2.45, 2.75) is 45.8 Å². The molecule has 0 aliphatic carbocycles. The number of ether oxygens (including phenoxy) is 4. The molecule has 1 N–H and O–H groups in total. The fourth-order valence-corrected chi connectivity index (χ4v) is 3.24. The minimum Gasteiger partial charge on any atom is -0.496 e. The number of hydrogen-bond donors (Lipinski definition) is 1. The van der Waals surface area contributed by atoms with Crippen LogP contribution in [0.1, 0.15) is 39.2 Å². The predicted molar refractivity (Wildman–Crippen MR) is 108 cm³/mol. The first-order valence-electron chi connectivity index (χ1n) is 9.73. The van der Waals surface area contributed by atoms with Crippen LogP contribution in [0.5, 0.6) is 17.2 Å². The van der Waals surface area contributed by atoms with Crippen molar-refractivity contribution in [3.05, 3.63) is 17.7 Å². The van der Waals surface area contributed by atoms with E-state index in [0.29, 0.717) is 30.3 Å². The molecule has 8 heteroatoms. The van der Waals surface area contributed by atoms with Gasteiger partial charge in [-0.15, -0.1) is 0 Å². The zero-order valence-electron chi connectivity index (χ0n) is 18.2. The van der Waals surface area contributed by atoms with Crippen molar-refractivity contribution in [1.29, 1.82) is 0 Å². The molecule has 1 aliphatic rings. The van der Waals surface area contributed by atoms with E-state index >= 15 is 0 Å². The van der Waals surface area contributed by atoms with Crippen molar-refractivity contribution in [2.24, 2.45) is 5.92 Å². The number of methoxy groups -OCH3 is 3. The number of carbonyl (C=O) groups excluding carboxylic acids is 2. The highest BCUT2D eigenvalue weighted by molar-refractivity contribution is 5.80. The molecule has 0 saturated carbocycles. The fourth-order valence-electron chi connectivity index (χ4n) is 3.24. The van der Waals surface area contributed by atoms with Crippen LogP contribution in [0.4, 0.5) is 4.79 Å². The number of nitrogens with one attached hydrogen (secondary N) is 1. The number of benzene rings is 1. The van der Waals surface area contributed by atoms with Crippen LogP contribution in [0.2, 0.25) is 0 Å². The number of hydrogen-bond acceptors (Lipinski definition) is 6. The van der Waals surface area contributed by atoms with Crippen LogP contribution in [-0.2, 0) is 16.1 Å². The van der Waals surface area contributed by atoms with Crippen molar-refractivity contribution in [3.8, 4) is 17.2 Å². The molecule has 1 heterocycles. The van der Waals surface area contributed by atoms with Gasteiger partial charge in [0.25, 0.3) is 0 Å². The normalized spacial score (nSPS) is 16.8. The number of amides is 2. The Morgan fingerprint density at radius 3 is 2.28 bits per heavy atom. The van der Waals surface area contributed by atoms with Crippen molar-refractivity contribution in [1.82, 2.24) is 10.2 Å². The van der Waals surface area contributed by atoms with E-state index in [2.05, 4.69) is 5.32 Å². The van der Waals surface area contributed by atoms with Gasteiger partial charge in [-0.2, -0.15) is 0 Å². The van der Waals surface area contributed by atoms with Crippen molar-refractivity contribution < 1.29 is 28.5 Å². The average molecular weight is 408 g/mol. The van der Waals surface area contributed by atoms with E-state index in [1.165, 1.54) is 0 Å². The maximum atomic E-state index is 12.7. The lowest BCUT2D eigenvalue weighted by atomic mass is 9.97. The fraction of sp³-hybridized carbons (Fsp3) is 0.619. The van der Waals surface area contributed by atoms with Gasteiger partial charge in [0.2, 0.25) is 5.91 Å². The van der Waals surface area contributed by atoms with Gasteiger partial charge in [-0.05, 0) is 39.7 Å². The first-order chi connectivity index (χ1) is 13.7. The lowest BCUT2D eigenvalue weighted by Gasteiger charge is -2.33. The third-order valence-electron chi connectivity index (χ3n) is 4.68. The Bertz CT molecular complexity index is 729. The first-order valence-corrected chi connectivity index (χ1v) is 9.73. The van der Waals surface area contributed by atoms with Crippen LogP contribution in [-0.4, -0.2) is 56.9 Å². The third kappa shape index (κ3) is 6.17. The molecule has 1 aromatic carbocycles. The third-order valence-corrected chi connectivity index (χ3v) is 4.68. The number of piperidine rings is 1. The summed E-state index contributed by atoms with van der Waals surface area (Å²) in [5.74, 6) is 1.34. The Morgan fingerprint density at radius 2 is 1.69 bits per heavy atom. The monoisotopic (exact) mass is 408 g/mol. The standard InChI is InChI=1S/C21H32N2O6/c1-21(2,3)29-20(25)23-9-7-8-14(13-23)19(24)22-12-15-10-17(27-5)18(28-6)11-16(15)26-4/h10-11,14H,7-9,12-13H2,1-6H3,(H,22,24)/t14-/m0/s1. The highest BCUT2D eigenvalue weighted by Crippen LogP contribution is 2.34. The second-order valence-corrected chi connectivity index (χ2v) is 8.00. The molecule has 162 valence electrons. The Labute approximate surface area is 172 Å². The average Bonchev–Trinajstić information content (AvgIpc) is 2.70. The second kappa shape index (κ2) is 9.71. The predicted octanol–water partition coefficient (Wildman–Crippen LogP) is 2.98. The smallest absolute Gasteiger partial charge is 0.410 e. The minimum atomic E-state index is -0.559. The number of rotatable bonds is 6. The summed E-state index contributed by atoms with van der Waals surface area (Å²) < 4.78 is 21.4. The van der Waals surface area contributed by atoms with Crippen LogP contribution in [0.3, 0.4) is 0 Å². The molecule has 1 saturated heterocycles. The Balaban J connectivity index is 2.01. The second-order valence-electron chi connectivity index (χ2n) is 8.00. The molecule has 0 aromatic heterocycles. The summed E-state index contributed by atoms with van der Waals surface area (Å²) in [6, 6.07) is 3.51. The van der Waals surface area contributed by atoms with Gasteiger partial charge in [-0.1, -0.05) is 0 Å². The van der Waals surface area contributed by atoms with E-state index in [1.54, 1.807) is 38.4 Å². The summed E-state index contributed by atoms with van der Waals surface area (Å²) in [6.07, 6.45) is 1.11. The maximum Gasteiger partial charge on any atom is 0.410 e. The van der Waals surface area contributed by atoms with Gasteiger partial charge >= 0.3 is 6.09 Å². The van der Waals surface area contributed by atoms with Gasteiger partial charge in [0.15, 0.2) is 11.5 Å². The van der Waals surface area contributed by atoms with Gasteiger partial charge < -0.3 is 29.2 Å². The van der Waals surface area contributed by atoms with Crippen molar-refractivity contribution in [2.75, 3.05) is 34.4 Å². The number of nitrogens with zero attached hydrogens (tertiary/aromatic N) is 1. The largest absolute Gasteiger partial charge is 0.496 e. The summed E-state index contributed by atoms with van der Waals surface area (Å²) in [6.45, 7) is 6.72. The maximum absolute atomic E-state index is 12.7. The van der Waals surface area contributed by atoms with E-state index in [9.17, 15) is 9.59 Å². The van der Waals surface area contributed by atoms with Gasteiger partial charge in [0.05, 0.1) is 27.2 Å². The molecule has 0 unspecified atom stereocenters. The van der Waals surface area contributed by atoms with E-state index in [0.717, 1.165) is 18.4 Å². The van der Waals surface area contributed by atoms with E-state index in [1.807, 2.05) is 20.8 Å². The molecule has 0 bridgehead atoms. The molecule has 1 atom stereocenters. The zero-order valence-corrected chi connectivity index (χ0v) is 18.2. The summed E-state index contributed by atoms with van der Waals surface area (Å²) in [5.41, 5.74) is 0.217. The first kappa shape index (κ1) is 22.6. The van der Waals surface area contributed by atoms with E-state index < -0.39 is 5.60 Å². The van der Waals surface area contributed by atoms with Crippen LogP contribution < -0.4 is 19.5 Å². The van der Waals surface area contributed by atoms with Gasteiger partial charge in [0.1, 0.15) is 11.4 Å². The molecule has 1 fully saturated rings. The van der Waals surface area contributed by atoms with Crippen LogP contribution in [0.15, 0.2) is 12.1 Å². The molecule has 2 rings (SSSR count). The summed E-state index contributed by atoms with van der Waals surface area (Å²) in [7, 11) is 4.67. The van der Waals surface area contributed by atoms with Crippen LogP contribution in [0.25, 0.3) is 0 Å².